The number of hydrogen-bond acceptors (Lipinski definition) is 3. The Bertz CT molecular complexity index is 950. The molecule has 28 heavy (non-hydrogen) atoms. The van der Waals surface area contributed by atoms with Crippen molar-refractivity contribution in [2.75, 3.05) is 0 Å². The number of benzene rings is 1. The summed E-state index contributed by atoms with van der Waals surface area (Å²) < 4.78 is 2.01. The van der Waals surface area contributed by atoms with E-state index in [4.69, 9.17) is 5.73 Å². The van der Waals surface area contributed by atoms with Crippen LogP contribution >= 0.6 is 0 Å². The molecule has 3 N–H and O–H groups in total. The van der Waals surface area contributed by atoms with E-state index in [0.717, 1.165) is 42.4 Å². The maximum Gasteiger partial charge on any atom is 0.254 e. The summed E-state index contributed by atoms with van der Waals surface area (Å²) in [7, 11) is 0. The highest BCUT2D eigenvalue weighted by Gasteiger charge is 2.22. The summed E-state index contributed by atoms with van der Waals surface area (Å²) in [6.45, 7) is 2.96. The van der Waals surface area contributed by atoms with Crippen molar-refractivity contribution < 1.29 is 9.59 Å². The average Bonchev–Trinajstić information content (AvgIpc) is 3.07. The van der Waals surface area contributed by atoms with Gasteiger partial charge in [0.25, 0.3) is 5.91 Å². The van der Waals surface area contributed by atoms with Gasteiger partial charge in [0, 0.05) is 30.7 Å². The second-order valence-corrected chi connectivity index (χ2v) is 6.94. The zero-order chi connectivity index (χ0) is 19.9. The smallest absolute Gasteiger partial charge is 0.254 e. The van der Waals surface area contributed by atoms with Crippen LogP contribution in [0.1, 0.15) is 42.1 Å². The Balaban J connectivity index is 1.82. The molecule has 0 saturated heterocycles. The summed E-state index contributed by atoms with van der Waals surface area (Å²) in [4.78, 5) is 29.3. The molecule has 3 rings (SSSR count). The highest BCUT2D eigenvalue weighted by Crippen LogP contribution is 2.20. The number of amides is 2. The van der Waals surface area contributed by atoms with Crippen molar-refractivity contribution in [3.8, 4) is 0 Å². The van der Waals surface area contributed by atoms with Gasteiger partial charge in [-0.25, -0.2) is 4.98 Å². The first-order valence-corrected chi connectivity index (χ1v) is 9.68. The number of aryl methyl sites for hydroxylation is 1. The largest absolute Gasteiger partial charge is 0.368 e. The van der Waals surface area contributed by atoms with Crippen LogP contribution in [0.15, 0.2) is 54.9 Å². The average molecular weight is 378 g/mol. The van der Waals surface area contributed by atoms with Crippen LogP contribution in [0.5, 0.6) is 0 Å². The van der Waals surface area contributed by atoms with E-state index in [9.17, 15) is 9.59 Å². The zero-order valence-electron chi connectivity index (χ0n) is 16.1. The van der Waals surface area contributed by atoms with Crippen molar-refractivity contribution >= 4 is 22.8 Å². The lowest BCUT2D eigenvalue weighted by Crippen LogP contribution is -2.45. The third-order valence-corrected chi connectivity index (χ3v) is 4.81. The van der Waals surface area contributed by atoms with Gasteiger partial charge in [-0.05, 0) is 24.1 Å². The van der Waals surface area contributed by atoms with Gasteiger partial charge in [0.05, 0.1) is 5.56 Å². The number of unbranched alkanes of at least 4 members (excludes halogenated alkanes) is 2. The van der Waals surface area contributed by atoms with Crippen molar-refractivity contribution in [1.29, 1.82) is 0 Å². The molecule has 6 nitrogen and oxygen atoms in total. The van der Waals surface area contributed by atoms with E-state index in [2.05, 4.69) is 17.2 Å². The molecule has 3 aromatic rings. The molecule has 0 fully saturated rings. The van der Waals surface area contributed by atoms with Crippen LogP contribution in [0.4, 0.5) is 0 Å². The molecule has 0 aliphatic carbocycles. The van der Waals surface area contributed by atoms with Gasteiger partial charge in [-0.15, -0.1) is 0 Å². The van der Waals surface area contributed by atoms with Gasteiger partial charge in [-0.2, -0.15) is 0 Å². The Morgan fingerprint density at radius 3 is 2.64 bits per heavy atom. The predicted molar refractivity (Wildman–Crippen MR) is 110 cm³/mol. The predicted octanol–water partition coefficient (Wildman–Crippen LogP) is 3.05. The Labute approximate surface area is 164 Å². The molecule has 0 saturated carbocycles. The van der Waals surface area contributed by atoms with Crippen LogP contribution in [0, 0.1) is 0 Å². The molecule has 0 bridgehead atoms. The van der Waals surface area contributed by atoms with Crippen molar-refractivity contribution in [1.82, 2.24) is 14.9 Å². The highest BCUT2D eigenvalue weighted by atomic mass is 16.2. The molecule has 0 aliphatic rings. The lowest BCUT2D eigenvalue weighted by molar-refractivity contribution is -0.119. The molecular formula is C22H26N4O2. The fourth-order valence-corrected chi connectivity index (χ4v) is 3.31. The second-order valence-electron chi connectivity index (χ2n) is 6.94. The van der Waals surface area contributed by atoms with Gasteiger partial charge in [-0.1, -0.05) is 50.1 Å². The number of nitrogens with one attached hydrogen (secondary N) is 1. The standard InChI is InChI=1S/C22H26N4O2/c1-2-3-7-13-26-15-18(17-11-8-12-24-21(17)26)22(28)25-19(20(23)27)14-16-9-5-4-6-10-16/h4-6,8-12,15,19H,2-3,7,13-14H2,1H3,(H2,23,27)(H,25,28)/t19-/m0/s1. The zero-order valence-corrected chi connectivity index (χ0v) is 16.1. The van der Waals surface area contributed by atoms with Crippen molar-refractivity contribution in [2.24, 2.45) is 5.73 Å². The first kappa shape index (κ1) is 19.6. The Hall–Kier alpha value is -3.15. The van der Waals surface area contributed by atoms with Crippen molar-refractivity contribution in [2.45, 2.75) is 45.2 Å². The van der Waals surface area contributed by atoms with Gasteiger partial charge in [-0.3, -0.25) is 9.59 Å². The second kappa shape index (κ2) is 9.17. The molecule has 2 amide bonds. The number of nitrogens with zero attached hydrogens (tertiary/aromatic N) is 2. The summed E-state index contributed by atoms with van der Waals surface area (Å²) in [5.41, 5.74) is 7.77. The van der Waals surface area contributed by atoms with Crippen LogP contribution in [0.25, 0.3) is 11.0 Å². The number of fused-ring (bicyclic) bond motifs is 1. The topological polar surface area (TPSA) is 90.0 Å². The summed E-state index contributed by atoms with van der Waals surface area (Å²) in [5, 5.41) is 3.58. The summed E-state index contributed by atoms with van der Waals surface area (Å²) in [6, 6.07) is 12.4. The SMILES string of the molecule is CCCCCn1cc(C(=O)N[C@@H](Cc2ccccc2)C(N)=O)c2cccnc21. The number of primary amides is 1. The molecule has 2 aromatic heterocycles. The molecule has 2 heterocycles. The van der Waals surface area contributed by atoms with Gasteiger partial charge in [0.15, 0.2) is 0 Å². The molecule has 0 radical (unpaired) electrons. The van der Waals surface area contributed by atoms with Crippen LogP contribution in [-0.4, -0.2) is 27.4 Å². The van der Waals surface area contributed by atoms with Crippen LogP contribution in [-0.2, 0) is 17.8 Å². The van der Waals surface area contributed by atoms with E-state index in [1.807, 2.05) is 53.2 Å². The minimum Gasteiger partial charge on any atom is -0.368 e. The molecule has 6 heteroatoms. The van der Waals surface area contributed by atoms with Crippen LogP contribution < -0.4 is 11.1 Å². The normalized spacial score (nSPS) is 12.0. The fraction of sp³-hybridized carbons (Fsp3) is 0.318. The lowest BCUT2D eigenvalue weighted by Gasteiger charge is -2.15. The monoisotopic (exact) mass is 378 g/mol. The Morgan fingerprint density at radius 1 is 1.14 bits per heavy atom. The number of rotatable bonds is 9. The highest BCUT2D eigenvalue weighted by molar-refractivity contribution is 6.07. The quantitative estimate of drug-likeness (QED) is 0.561. The summed E-state index contributed by atoms with van der Waals surface area (Å²) >= 11 is 0. The number of carbonyl (C=O) groups excluding carboxylic acids is 2. The van der Waals surface area contributed by atoms with Gasteiger partial charge < -0.3 is 15.6 Å². The molecule has 1 aromatic carbocycles. The first-order valence-electron chi connectivity index (χ1n) is 9.68. The van der Waals surface area contributed by atoms with E-state index < -0.39 is 11.9 Å². The van der Waals surface area contributed by atoms with Crippen LogP contribution in [0.2, 0.25) is 0 Å². The van der Waals surface area contributed by atoms with Crippen LogP contribution in [0.3, 0.4) is 0 Å². The van der Waals surface area contributed by atoms with Crippen molar-refractivity contribution in [3.63, 3.8) is 0 Å². The summed E-state index contributed by atoms with van der Waals surface area (Å²) in [6.07, 6.45) is 7.17. The van der Waals surface area contributed by atoms with Gasteiger partial charge >= 0.3 is 0 Å². The van der Waals surface area contributed by atoms with E-state index in [0.29, 0.717) is 12.0 Å². The minimum atomic E-state index is -0.773. The summed E-state index contributed by atoms with van der Waals surface area (Å²) in [5.74, 6) is -0.867. The van der Waals surface area contributed by atoms with E-state index in [-0.39, 0.29) is 5.91 Å². The molecule has 146 valence electrons. The number of aromatic nitrogens is 2. The maximum atomic E-state index is 12.9. The molecule has 0 aliphatic heterocycles. The molecular weight excluding hydrogens is 352 g/mol. The number of nitrogens with two attached hydrogens (primary N) is 1. The lowest BCUT2D eigenvalue weighted by atomic mass is 10.0. The Kier molecular flexibility index (Phi) is 6.42. The first-order chi connectivity index (χ1) is 13.6. The van der Waals surface area contributed by atoms with E-state index in [1.165, 1.54) is 0 Å². The molecule has 1 atom stereocenters. The third kappa shape index (κ3) is 4.57. The third-order valence-electron chi connectivity index (χ3n) is 4.81. The maximum absolute atomic E-state index is 12.9. The number of hydrogen-bond donors (Lipinski definition) is 2. The van der Waals surface area contributed by atoms with Crippen molar-refractivity contribution in [3.05, 3.63) is 66.0 Å². The number of carbonyl (C=O) groups is 2. The molecule has 0 spiro atoms. The Morgan fingerprint density at radius 2 is 1.93 bits per heavy atom. The number of pyridine rings is 1. The van der Waals surface area contributed by atoms with Gasteiger partial charge in [0.2, 0.25) is 5.91 Å². The van der Waals surface area contributed by atoms with E-state index >= 15 is 0 Å². The van der Waals surface area contributed by atoms with Gasteiger partial charge in [0.1, 0.15) is 11.7 Å². The fourth-order valence-electron chi connectivity index (χ4n) is 3.31. The minimum absolute atomic E-state index is 0.313. The molecule has 0 unspecified atom stereocenters. The van der Waals surface area contributed by atoms with E-state index in [1.54, 1.807) is 6.20 Å².